The molecule has 0 aliphatic rings. The number of sulfonamides is 1. The van der Waals surface area contributed by atoms with E-state index in [1.165, 1.54) is 30.1 Å². The number of nitro benzene ring substituents is 1. The minimum Gasteiger partial charge on any atom is -0.345 e. The molecule has 0 spiro atoms. The molecular formula is C16H27ClN4O5S. The number of non-ortho nitro benzene ring substituents is 1. The minimum absolute atomic E-state index is 0. The second kappa shape index (κ2) is 10.5. The molecular weight excluding hydrogens is 396 g/mol. The first-order chi connectivity index (χ1) is 12.0. The van der Waals surface area contributed by atoms with E-state index in [-0.39, 0.29) is 47.4 Å². The van der Waals surface area contributed by atoms with Gasteiger partial charge in [-0.1, -0.05) is 19.9 Å². The van der Waals surface area contributed by atoms with Gasteiger partial charge in [0, 0.05) is 38.8 Å². The van der Waals surface area contributed by atoms with E-state index in [0.29, 0.717) is 13.0 Å². The van der Waals surface area contributed by atoms with Crippen molar-refractivity contribution in [2.24, 2.45) is 11.7 Å². The van der Waals surface area contributed by atoms with E-state index in [9.17, 15) is 23.3 Å². The maximum atomic E-state index is 12.5. The van der Waals surface area contributed by atoms with Crippen LogP contribution in [0.25, 0.3) is 0 Å². The summed E-state index contributed by atoms with van der Waals surface area (Å²) >= 11 is 0. The zero-order chi connectivity index (χ0) is 20.1. The van der Waals surface area contributed by atoms with E-state index in [2.05, 4.69) is 0 Å². The zero-order valence-electron chi connectivity index (χ0n) is 15.9. The molecule has 0 radical (unpaired) electrons. The van der Waals surface area contributed by atoms with Gasteiger partial charge in [0.1, 0.15) is 0 Å². The molecule has 1 unspecified atom stereocenters. The van der Waals surface area contributed by atoms with Gasteiger partial charge in [0.25, 0.3) is 5.69 Å². The predicted molar refractivity (Wildman–Crippen MR) is 105 cm³/mol. The lowest BCUT2D eigenvalue weighted by atomic mass is 10.0. The standard InChI is InChI=1S/C16H26N4O5S.ClH/c1-12(2)15(17)8-9-18(3)16(21)11-19(4)26(24,25)14-7-5-6-13(10-14)20(22)23;/h5-7,10,12,15H,8-9,11,17H2,1-4H3;1H. The molecule has 1 amide bonds. The van der Waals surface area contributed by atoms with Gasteiger partial charge in [0.05, 0.1) is 16.4 Å². The van der Waals surface area contributed by atoms with Crippen LogP contribution in [-0.2, 0) is 14.8 Å². The third kappa shape index (κ3) is 7.06. The van der Waals surface area contributed by atoms with E-state index in [4.69, 9.17) is 5.73 Å². The molecule has 1 aromatic rings. The van der Waals surface area contributed by atoms with Gasteiger partial charge in [-0.2, -0.15) is 4.31 Å². The van der Waals surface area contributed by atoms with Crippen molar-refractivity contribution in [3.05, 3.63) is 34.4 Å². The van der Waals surface area contributed by atoms with Crippen LogP contribution in [0.2, 0.25) is 0 Å². The molecule has 1 atom stereocenters. The Morgan fingerprint density at radius 1 is 1.30 bits per heavy atom. The highest BCUT2D eigenvalue weighted by molar-refractivity contribution is 7.89. The summed E-state index contributed by atoms with van der Waals surface area (Å²) in [4.78, 5) is 23.6. The fourth-order valence-corrected chi connectivity index (χ4v) is 3.29. The minimum atomic E-state index is -4.01. The normalized spacial score (nSPS) is 12.6. The molecule has 1 rings (SSSR count). The van der Waals surface area contributed by atoms with Gasteiger partial charge in [-0.15, -0.1) is 12.4 Å². The molecule has 0 bridgehead atoms. The lowest BCUT2D eigenvalue weighted by molar-refractivity contribution is -0.385. The van der Waals surface area contributed by atoms with Crippen LogP contribution in [0.4, 0.5) is 5.69 Å². The number of hydrogen-bond acceptors (Lipinski definition) is 6. The summed E-state index contributed by atoms with van der Waals surface area (Å²) in [5, 5.41) is 10.8. The first-order valence-electron chi connectivity index (χ1n) is 8.17. The maximum absolute atomic E-state index is 12.5. The Balaban J connectivity index is 0.00000676. The highest BCUT2D eigenvalue weighted by Crippen LogP contribution is 2.20. The van der Waals surface area contributed by atoms with Crippen LogP contribution in [0.1, 0.15) is 20.3 Å². The zero-order valence-corrected chi connectivity index (χ0v) is 17.5. The summed E-state index contributed by atoms with van der Waals surface area (Å²) in [7, 11) is -1.16. The van der Waals surface area contributed by atoms with Crippen LogP contribution in [-0.4, -0.2) is 61.7 Å². The number of likely N-dealkylation sites (N-methyl/N-ethyl adjacent to an activating group) is 2. The molecule has 0 fully saturated rings. The van der Waals surface area contributed by atoms with Crippen molar-refractivity contribution in [2.75, 3.05) is 27.2 Å². The van der Waals surface area contributed by atoms with Gasteiger partial charge in [-0.05, 0) is 18.4 Å². The van der Waals surface area contributed by atoms with E-state index in [0.717, 1.165) is 10.4 Å². The molecule has 0 saturated heterocycles. The van der Waals surface area contributed by atoms with Crippen molar-refractivity contribution in [3.63, 3.8) is 0 Å². The average Bonchev–Trinajstić information content (AvgIpc) is 2.58. The van der Waals surface area contributed by atoms with E-state index in [1.807, 2.05) is 13.8 Å². The number of nitro groups is 1. The number of carbonyl (C=O) groups excluding carboxylic acids is 1. The highest BCUT2D eigenvalue weighted by Gasteiger charge is 2.26. The number of amides is 1. The third-order valence-corrected chi connectivity index (χ3v) is 5.97. The predicted octanol–water partition coefficient (Wildman–Crippen LogP) is 1.47. The first-order valence-corrected chi connectivity index (χ1v) is 9.61. The quantitative estimate of drug-likeness (QED) is 0.474. The average molecular weight is 423 g/mol. The molecule has 0 saturated carbocycles. The van der Waals surface area contributed by atoms with Crippen LogP contribution in [0.3, 0.4) is 0 Å². The van der Waals surface area contributed by atoms with Gasteiger partial charge in [-0.3, -0.25) is 14.9 Å². The van der Waals surface area contributed by atoms with Crippen molar-refractivity contribution in [3.8, 4) is 0 Å². The van der Waals surface area contributed by atoms with E-state index in [1.54, 1.807) is 7.05 Å². The van der Waals surface area contributed by atoms with Gasteiger partial charge in [0.2, 0.25) is 15.9 Å². The van der Waals surface area contributed by atoms with Crippen molar-refractivity contribution in [2.45, 2.75) is 31.2 Å². The Kier molecular flexibility index (Phi) is 9.87. The lowest BCUT2D eigenvalue weighted by Crippen LogP contribution is -2.41. The SMILES string of the molecule is CC(C)C(N)CCN(C)C(=O)CN(C)S(=O)(=O)c1cccc([N+](=O)[O-])c1.Cl. The summed E-state index contributed by atoms with van der Waals surface area (Å²) in [5.74, 6) is -0.0899. The van der Waals surface area contributed by atoms with Crippen LogP contribution < -0.4 is 5.73 Å². The topological polar surface area (TPSA) is 127 Å². The Labute approximate surface area is 166 Å². The summed E-state index contributed by atoms with van der Waals surface area (Å²) in [5.41, 5.74) is 5.62. The molecule has 0 heterocycles. The number of nitrogens with zero attached hydrogens (tertiary/aromatic N) is 3. The molecule has 0 aliphatic heterocycles. The molecule has 2 N–H and O–H groups in total. The fourth-order valence-electron chi connectivity index (χ4n) is 2.13. The molecule has 0 aliphatic carbocycles. The monoisotopic (exact) mass is 422 g/mol. The van der Waals surface area contributed by atoms with E-state index >= 15 is 0 Å². The lowest BCUT2D eigenvalue weighted by Gasteiger charge is -2.24. The Morgan fingerprint density at radius 2 is 1.89 bits per heavy atom. The highest BCUT2D eigenvalue weighted by atomic mass is 35.5. The van der Waals surface area contributed by atoms with Gasteiger partial charge in [-0.25, -0.2) is 8.42 Å². The molecule has 154 valence electrons. The number of nitrogens with two attached hydrogens (primary N) is 1. The van der Waals surface area contributed by atoms with Gasteiger partial charge >= 0.3 is 0 Å². The number of hydrogen-bond donors (Lipinski definition) is 1. The maximum Gasteiger partial charge on any atom is 0.270 e. The largest absolute Gasteiger partial charge is 0.345 e. The Morgan fingerprint density at radius 3 is 2.41 bits per heavy atom. The van der Waals surface area contributed by atoms with Crippen LogP contribution in [0.15, 0.2) is 29.2 Å². The fraction of sp³-hybridized carbons (Fsp3) is 0.562. The number of benzene rings is 1. The molecule has 27 heavy (non-hydrogen) atoms. The summed E-state index contributed by atoms with van der Waals surface area (Å²) in [6.45, 7) is 4.04. The third-order valence-electron chi connectivity index (χ3n) is 4.17. The van der Waals surface area contributed by atoms with Crippen molar-refractivity contribution in [1.29, 1.82) is 0 Å². The number of rotatable bonds is 9. The van der Waals surface area contributed by atoms with Crippen LogP contribution in [0.5, 0.6) is 0 Å². The van der Waals surface area contributed by atoms with Crippen molar-refractivity contribution < 1.29 is 18.1 Å². The Hall–Kier alpha value is -1.75. The van der Waals surface area contributed by atoms with E-state index < -0.39 is 14.9 Å². The first kappa shape index (κ1) is 25.2. The molecule has 0 aromatic heterocycles. The van der Waals surface area contributed by atoms with Crippen LogP contribution >= 0.6 is 12.4 Å². The summed E-state index contributed by atoms with van der Waals surface area (Å²) < 4.78 is 25.9. The van der Waals surface area contributed by atoms with Gasteiger partial charge < -0.3 is 10.6 Å². The molecule has 1 aromatic carbocycles. The summed E-state index contributed by atoms with van der Waals surface area (Å²) in [6.07, 6.45) is 0.612. The number of halogens is 1. The van der Waals surface area contributed by atoms with Crippen molar-refractivity contribution in [1.82, 2.24) is 9.21 Å². The molecule has 9 nitrogen and oxygen atoms in total. The number of carbonyl (C=O) groups is 1. The second-order valence-electron chi connectivity index (χ2n) is 6.53. The second-order valence-corrected chi connectivity index (χ2v) is 8.57. The van der Waals surface area contributed by atoms with Crippen molar-refractivity contribution >= 4 is 34.0 Å². The molecule has 11 heteroatoms. The Bertz CT molecular complexity index is 757. The smallest absolute Gasteiger partial charge is 0.270 e. The van der Waals surface area contributed by atoms with Gasteiger partial charge in [0.15, 0.2) is 0 Å². The summed E-state index contributed by atoms with van der Waals surface area (Å²) in [6, 6.07) is 4.68. The van der Waals surface area contributed by atoms with Crippen LogP contribution in [0, 0.1) is 16.0 Å².